The van der Waals surface area contributed by atoms with Gasteiger partial charge in [-0.1, -0.05) is 0 Å². The third-order valence-electron chi connectivity index (χ3n) is 1.86. The number of ketones is 1. The van der Waals surface area contributed by atoms with Gasteiger partial charge in [-0.25, -0.2) is 9.37 Å². The Morgan fingerprint density at radius 3 is 2.93 bits per heavy atom. The van der Waals surface area contributed by atoms with Crippen molar-refractivity contribution in [1.82, 2.24) is 9.38 Å². The number of carbonyl (C=O) groups excluding carboxylic acids is 1. The van der Waals surface area contributed by atoms with Crippen molar-refractivity contribution in [3.05, 3.63) is 33.5 Å². The second-order valence-electron chi connectivity index (χ2n) is 2.88. The quantitative estimate of drug-likeness (QED) is 0.598. The molecule has 2 aromatic rings. The lowest BCUT2D eigenvalue weighted by atomic mass is 10.3. The van der Waals surface area contributed by atoms with Crippen molar-refractivity contribution >= 4 is 34.0 Å². The lowest BCUT2D eigenvalue weighted by molar-refractivity contribution is 0.101. The van der Waals surface area contributed by atoms with Crippen molar-refractivity contribution < 1.29 is 9.18 Å². The molecule has 0 spiro atoms. The Balaban J connectivity index is 2.80. The van der Waals surface area contributed by atoms with Gasteiger partial charge in [0.2, 0.25) is 0 Å². The van der Waals surface area contributed by atoms with Crippen molar-refractivity contribution in [2.24, 2.45) is 0 Å². The van der Waals surface area contributed by atoms with Crippen molar-refractivity contribution in [1.29, 1.82) is 0 Å². The number of hydrogen-bond acceptors (Lipinski definition) is 2. The van der Waals surface area contributed by atoms with Gasteiger partial charge in [0.05, 0.1) is 0 Å². The average Bonchev–Trinajstić information content (AvgIpc) is 2.44. The monoisotopic (exact) mass is 304 g/mol. The zero-order valence-corrected chi connectivity index (χ0v) is 9.45. The topological polar surface area (TPSA) is 34.4 Å². The molecule has 0 amide bonds. The van der Waals surface area contributed by atoms with Crippen LogP contribution in [0, 0.1) is 9.52 Å². The minimum absolute atomic E-state index is 0.112. The van der Waals surface area contributed by atoms with E-state index in [1.54, 1.807) is 10.5 Å². The Morgan fingerprint density at radius 1 is 1.57 bits per heavy atom. The van der Waals surface area contributed by atoms with E-state index in [1.807, 2.05) is 22.6 Å². The van der Waals surface area contributed by atoms with E-state index in [0.717, 1.165) is 0 Å². The lowest BCUT2D eigenvalue weighted by Gasteiger charge is -1.94. The van der Waals surface area contributed by atoms with E-state index >= 15 is 0 Å². The first-order chi connectivity index (χ1) is 6.59. The summed E-state index contributed by atoms with van der Waals surface area (Å²) in [7, 11) is 0. The SMILES string of the molecule is CC(=O)c1nc2ccc(F)cn2c1I. The first kappa shape index (κ1) is 9.57. The maximum absolute atomic E-state index is 12.9. The lowest BCUT2D eigenvalue weighted by Crippen LogP contribution is -1.95. The van der Waals surface area contributed by atoms with Crippen molar-refractivity contribution in [2.75, 3.05) is 0 Å². The fraction of sp³-hybridized carbons (Fsp3) is 0.111. The first-order valence-corrected chi connectivity index (χ1v) is 5.01. The highest BCUT2D eigenvalue weighted by molar-refractivity contribution is 14.1. The zero-order chi connectivity index (χ0) is 10.3. The van der Waals surface area contributed by atoms with Crippen molar-refractivity contribution in [2.45, 2.75) is 6.92 Å². The molecular weight excluding hydrogens is 298 g/mol. The smallest absolute Gasteiger partial charge is 0.180 e. The van der Waals surface area contributed by atoms with Gasteiger partial charge >= 0.3 is 0 Å². The Morgan fingerprint density at radius 2 is 2.29 bits per heavy atom. The molecule has 0 aliphatic heterocycles. The molecular formula is C9H6FIN2O. The van der Waals surface area contributed by atoms with Gasteiger partial charge in [0.15, 0.2) is 5.78 Å². The van der Waals surface area contributed by atoms with Gasteiger partial charge in [-0.2, -0.15) is 0 Å². The minimum atomic E-state index is -0.345. The van der Waals surface area contributed by atoms with E-state index < -0.39 is 0 Å². The molecule has 0 atom stereocenters. The summed E-state index contributed by atoms with van der Waals surface area (Å²) in [6.45, 7) is 1.44. The summed E-state index contributed by atoms with van der Waals surface area (Å²) in [6.07, 6.45) is 1.32. The number of aromatic nitrogens is 2. The van der Waals surface area contributed by atoms with E-state index in [2.05, 4.69) is 4.98 Å². The van der Waals surface area contributed by atoms with Gasteiger partial charge in [0.1, 0.15) is 20.9 Å². The number of imidazole rings is 1. The molecule has 2 heterocycles. The fourth-order valence-electron chi connectivity index (χ4n) is 1.21. The van der Waals surface area contributed by atoms with Gasteiger partial charge in [0.25, 0.3) is 0 Å². The highest BCUT2D eigenvalue weighted by atomic mass is 127. The van der Waals surface area contributed by atoms with Crippen LogP contribution in [-0.4, -0.2) is 15.2 Å². The van der Waals surface area contributed by atoms with Crippen molar-refractivity contribution in [3.8, 4) is 0 Å². The van der Waals surface area contributed by atoms with E-state index in [0.29, 0.717) is 15.0 Å². The summed E-state index contributed by atoms with van der Waals surface area (Å²) in [5, 5.41) is 0. The van der Waals surface area contributed by atoms with Crippen LogP contribution in [0.4, 0.5) is 4.39 Å². The summed E-state index contributed by atoms with van der Waals surface area (Å²) < 4.78 is 15.1. The Bertz CT molecular complexity index is 521. The zero-order valence-electron chi connectivity index (χ0n) is 7.29. The average molecular weight is 304 g/mol. The van der Waals surface area contributed by atoms with Gasteiger partial charge in [-0.15, -0.1) is 0 Å². The number of carbonyl (C=O) groups is 1. The Labute approximate surface area is 93.1 Å². The van der Waals surface area contributed by atoms with Crippen LogP contribution in [0.5, 0.6) is 0 Å². The van der Waals surface area contributed by atoms with E-state index in [4.69, 9.17) is 0 Å². The fourth-order valence-corrected chi connectivity index (χ4v) is 2.10. The molecule has 3 nitrogen and oxygen atoms in total. The van der Waals surface area contributed by atoms with Crippen LogP contribution in [-0.2, 0) is 0 Å². The molecule has 0 saturated heterocycles. The molecule has 0 aliphatic carbocycles. The molecule has 0 N–H and O–H groups in total. The molecule has 5 heteroatoms. The molecule has 0 saturated carbocycles. The number of fused-ring (bicyclic) bond motifs is 1. The highest BCUT2D eigenvalue weighted by Crippen LogP contribution is 2.16. The van der Waals surface area contributed by atoms with Gasteiger partial charge in [-0.3, -0.25) is 9.20 Å². The van der Waals surface area contributed by atoms with Crippen molar-refractivity contribution in [3.63, 3.8) is 0 Å². The largest absolute Gasteiger partial charge is 0.293 e. The van der Waals surface area contributed by atoms with E-state index in [-0.39, 0.29) is 11.6 Å². The maximum atomic E-state index is 12.9. The molecule has 72 valence electrons. The molecule has 0 fully saturated rings. The highest BCUT2D eigenvalue weighted by Gasteiger charge is 2.13. The van der Waals surface area contributed by atoms with Crippen LogP contribution in [0.15, 0.2) is 18.3 Å². The second kappa shape index (κ2) is 3.30. The van der Waals surface area contributed by atoms with Crippen LogP contribution >= 0.6 is 22.6 Å². The van der Waals surface area contributed by atoms with Crippen LogP contribution in [0.25, 0.3) is 5.65 Å². The summed E-state index contributed by atoms with van der Waals surface area (Å²) in [4.78, 5) is 15.2. The number of rotatable bonds is 1. The molecule has 0 aliphatic rings. The summed E-state index contributed by atoms with van der Waals surface area (Å²) in [6, 6.07) is 2.87. The van der Waals surface area contributed by atoms with Gasteiger partial charge in [-0.05, 0) is 34.7 Å². The predicted octanol–water partition coefficient (Wildman–Crippen LogP) is 2.28. The standard InChI is InChI=1S/C9H6FIN2O/c1-5(14)8-9(11)13-4-6(10)2-3-7(13)12-8/h2-4H,1H3. The summed E-state index contributed by atoms with van der Waals surface area (Å²) in [5.74, 6) is -0.457. The number of hydrogen-bond donors (Lipinski definition) is 0. The summed E-state index contributed by atoms with van der Waals surface area (Å²) in [5.41, 5.74) is 0.970. The number of halogens is 2. The minimum Gasteiger partial charge on any atom is -0.293 e. The number of nitrogens with zero attached hydrogens (tertiary/aromatic N) is 2. The van der Waals surface area contributed by atoms with Crippen LogP contribution in [0.3, 0.4) is 0 Å². The Kier molecular flexibility index (Phi) is 2.26. The molecule has 0 unspecified atom stereocenters. The van der Waals surface area contributed by atoms with E-state index in [1.165, 1.54) is 19.2 Å². The number of Topliss-reactive ketones (excluding diaryl/α,β-unsaturated/α-hetero) is 1. The van der Waals surface area contributed by atoms with E-state index in [9.17, 15) is 9.18 Å². The molecule has 2 aromatic heterocycles. The second-order valence-corrected chi connectivity index (χ2v) is 3.90. The molecule has 0 aromatic carbocycles. The first-order valence-electron chi connectivity index (χ1n) is 3.93. The van der Waals surface area contributed by atoms with Gasteiger partial charge in [0, 0.05) is 13.1 Å². The molecule has 0 radical (unpaired) electrons. The molecule has 14 heavy (non-hydrogen) atoms. The van der Waals surface area contributed by atoms with Crippen LogP contribution in [0.2, 0.25) is 0 Å². The van der Waals surface area contributed by atoms with Gasteiger partial charge < -0.3 is 0 Å². The number of pyridine rings is 1. The Hall–Kier alpha value is -0.980. The normalized spacial score (nSPS) is 10.8. The third-order valence-corrected chi connectivity index (χ3v) is 2.89. The summed E-state index contributed by atoms with van der Waals surface area (Å²) >= 11 is 1.98. The molecule has 0 bridgehead atoms. The molecule has 2 rings (SSSR count). The predicted molar refractivity (Wildman–Crippen MR) is 57.9 cm³/mol. The maximum Gasteiger partial charge on any atom is 0.180 e. The van der Waals surface area contributed by atoms with Crippen LogP contribution in [0.1, 0.15) is 17.4 Å². The third kappa shape index (κ3) is 1.41. The van der Waals surface area contributed by atoms with Crippen LogP contribution < -0.4 is 0 Å².